The van der Waals surface area contributed by atoms with Gasteiger partial charge in [-0.05, 0) is 13.3 Å². The smallest absolute Gasteiger partial charge is 0.328 e. The zero-order chi connectivity index (χ0) is 15.7. The average molecular weight is 305 g/mol. The van der Waals surface area contributed by atoms with Crippen LogP contribution in [0.25, 0.3) is 0 Å². The molecule has 22 heavy (non-hydrogen) atoms. The molecule has 3 N–H and O–H groups in total. The lowest BCUT2D eigenvalue weighted by Gasteiger charge is -2.43. The number of nitrogens with one attached hydrogen (secondary N) is 2. The summed E-state index contributed by atoms with van der Waals surface area (Å²) in [6.45, 7) is 3.48. The number of piperidine rings is 1. The van der Waals surface area contributed by atoms with Crippen molar-refractivity contribution < 1.29 is 5.11 Å². The van der Waals surface area contributed by atoms with Gasteiger partial charge in [-0.15, -0.1) is 0 Å². The van der Waals surface area contributed by atoms with Crippen molar-refractivity contribution in [2.75, 3.05) is 13.1 Å². The molecular weight excluding hydrogens is 286 g/mol. The van der Waals surface area contributed by atoms with Gasteiger partial charge in [-0.1, -0.05) is 0 Å². The van der Waals surface area contributed by atoms with Gasteiger partial charge in [0.25, 0.3) is 5.56 Å². The first-order valence-corrected chi connectivity index (χ1v) is 7.20. The van der Waals surface area contributed by atoms with E-state index in [0.717, 1.165) is 12.4 Å². The lowest BCUT2D eigenvalue weighted by atomic mass is 9.88. The highest BCUT2D eigenvalue weighted by atomic mass is 16.3. The van der Waals surface area contributed by atoms with E-state index in [1.165, 1.54) is 16.8 Å². The summed E-state index contributed by atoms with van der Waals surface area (Å²) in [7, 11) is 0. The van der Waals surface area contributed by atoms with Gasteiger partial charge in [0.15, 0.2) is 0 Å². The Labute approximate surface area is 126 Å². The van der Waals surface area contributed by atoms with Crippen LogP contribution in [-0.2, 0) is 6.54 Å². The highest BCUT2D eigenvalue weighted by Crippen LogP contribution is 2.30. The molecule has 0 bridgehead atoms. The molecule has 0 radical (unpaired) electrons. The van der Waals surface area contributed by atoms with Gasteiger partial charge in [0.1, 0.15) is 5.82 Å². The molecule has 8 nitrogen and oxygen atoms in total. The van der Waals surface area contributed by atoms with E-state index in [2.05, 4.69) is 19.9 Å². The Kier molecular flexibility index (Phi) is 3.71. The van der Waals surface area contributed by atoms with Crippen LogP contribution in [0.1, 0.15) is 25.2 Å². The number of likely N-dealkylation sites (tertiary alicyclic amines) is 1. The van der Waals surface area contributed by atoms with Crippen molar-refractivity contribution >= 4 is 0 Å². The van der Waals surface area contributed by atoms with E-state index in [1.54, 1.807) is 19.3 Å². The Hall–Kier alpha value is -2.19. The molecule has 118 valence electrons. The monoisotopic (exact) mass is 305 g/mol. The van der Waals surface area contributed by atoms with Crippen LogP contribution in [0.2, 0.25) is 0 Å². The molecule has 0 saturated carbocycles. The normalized spacial score (nSPS) is 26.2. The van der Waals surface area contributed by atoms with E-state index in [0.29, 0.717) is 19.5 Å². The second kappa shape index (κ2) is 5.54. The number of hydrogen-bond acceptors (Lipinski definition) is 5. The van der Waals surface area contributed by atoms with Crippen molar-refractivity contribution in [1.82, 2.24) is 24.4 Å². The van der Waals surface area contributed by atoms with Gasteiger partial charge >= 0.3 is 5.69 Å². The quantitative estimate of drug-likeness (QED) is 0.706. The maximum absolute atomic E-state index is 11.9. The molecule has 0 aliphatic carbocycles. The third-order valence-electron chi connectivity index (χ3n) is 4.10. The fourth-order valence-electron chi connectivity index (χ4n) is 3.10. The molecule has 1 fully saturated rings. The van der Waals surface area contributed by atoms with E-state index in [1.807, 2.05) is 0 Å². The van der Waals surface area contributed by atoms with Gasteiger partial charge < -0.3 is 10.1 Å². The number of nitrogens with zero attached hydrogens (tertiary/aromatic N) is 3. The summed E-state index contributed by atoms with van der Waals surface area (Å²) in [6.07, 6.45) is 5.52. The van der Waals surface area contributed by atoms with E-state index in [9.17, 15) is 14.7 Å². The molecule has 2 aromatic heterocycles. The first kappa shape index (κ1) is 14.7. The molecule has 2 atom stereocenters. The van der Waals surface area contributed by atoms with E-state index in [4.69, 9.17) is 0 Å². The molecular formula is C14H19N5O3. The van der Waals surface area contributed by atoms with Crippen molar-refractivity contribution in [2.24, 2.45) is 0 Å². The Morgan fingerprint density at radius 2 is 2.32 bits per heavy atom. The minimum absolute atomic E-state index is 0.371. The predicted octanol–water partition coefficient (Wildman–Crippen LogP) is -0.542. The van der Waals surface area contributed by atoms with Crippen LogP contribution in [0, 0.1) is 0 Å². The lowest BCUT2D eigenvalue weighted by Crippen LogP contribution is -2.54. The van der Waals surface area contributed by atoms with E-state index < -0.39 is 16.9 Å². The van der Waals surface area contributed by atoms with Crippen LogP contribution >= 0.6 is 0 Å². The first-order valence-electron chi connectivity index (χ1n) is 7.20. The predicted molar refractivity (Wildman–Crippen MR) is 79.5 cm³/mol. The standard InChI is InChI=1S/C14H19N5O3/c1-14(22)9-18(8-11-15-4-5-16-11)6-2-10(14)19-7-3-12(20)17-13(19)21/h3-5,7,10,22H,2,6,8-9H2,1H3,(H,15,16)(H,17,20,21)/t10-,14-/m1/s1. The van der Waals surface area contributed by atoms with Crippen LogP contribution in [-0.4, -0.2) is 48.2 Å². The van der Waals surface area contributed by atoms with Crippen LogP contribution in [0.5, 0.6) is 0 Å². The Bertz CT molecular complexity index is 746. The number of aliphatic hydroxyl groups is 1. The van der Waals surface area contributed by atoms with Crippen molar-refractivity contribution in [1.29, 1.82) is 0 Å². The zero-order valence-electron chi connectivity index (χ0n) is 12.3. The van der Waals surface area contributed by atoms with Crippen molar-refractivity contribution in [3.63, 3.8) is 0 Å². The fourth-order valence-corrected chi connectivity index (χ4v) is 3.10. The van der Waals surface area contributed by atoms with Gasteiger partial charge in [0.2, 0.25) is 0 Å². The number of rotatable bonds is 3. The maximum atomic E-state index is 11.9. The molecule has 0 aromatic carbocycles. The van der Waals surface area contributed by atoms with Crippen LogP contribution in [0.3, 0.4) is 0 Å². The molecule has 2 aromatic rings. The topological polar surface area (TPSA) is 107 Å². The minimum Gasteiger partial charge on any atom is -0.387 e. The SMILES string of the molecule is C[C@@]1(O)CN(Cc2ncc[nH]2)CC[C@H]1n1ccc(=O)[nH]c1=O. The third-order valence-corrected chi connectivity index (χ3v) is 4.10. The highest BCUT2D eigenvalue weighted by Gasteiger charge is 2.39. The highest BCUT2D eigenvalue weighted by molar-refractivity contribution is 4.99. The summed E-state index contributed by atoms with van der Waals surface area (Å²) in [4.78, 5) is 34.6. The van der Waals surface area contributed by atoms with Crippen LogP contribution < -0.4 is 11.2 Å². The minimum atomic E-state index is -1.08. The largest absolute Gasteiger partial charge is 0.387 e. The molecule has 1 aliphatic rings. The Balaban J connectivity index is 1.79. The summed E-state index contributed by atoms with van der Waals surface area (Å²) in [5, 5.41) is 10.8. The number of β-amino-alcohol motifs (C(OH)–C–C–N with tert-alkyl or cyclic N) is 1. The molecule has 3 rings (SSSR count). The Morgan fingerprint density at radius 3 is 2.95 bits per heavy atom. The summed E-state index contributed by atoms with van der Waals surface area (Å²) < 4.78 is 1.41. The summed E-state index contributed by atoms with van der Waals surface area (Å²) in [6, 6.07) is 0.928. The van der Waals surface area contributed by atoms with E-state index >= 15 is 0 Å². The van der Waals surface area contributed by atoms with Crippen molar-refractivity contribution in [3.05, 3.63) is 51.3 Å². The average Bonchev–Trinajstić information content (AvgIpc) is 2.92. The molecule has 1 saturated heterocycles. The third kappa shape index (κ3) is 2.88. The maximum Gasteiger partial charge on any atom is 0.328 e. The number of H-pyrrole nitrogens is 2. The Morgan fingerprint density at radius 1 is 1.50 bits per heavy atom. The molecule has 0 spiro atoms. The second-order valence-electron chi connectivity index (χ2n) is 5.93. The molecule has 0 unspecified atom stereocenters. The first-order chi connectivity index (χ1) is 10.5. The number of imidazole rings is 1. The molecule has 0 amide bonds. The number of aromatic amines is 2. The summed E-state index contributed by atoms with van der Waals surface area (Å²) >= 11 is 0. The summed E-state index contributed by atoms with van der Waals surface area (Å²) in [5.74, 6) is 0.843. The number of aromatic nitrogens is 4. The van der Waals surface area contributed by atoms with Crippen LogP contribution in [0.4, 0.5) is 0 Å². The number of hydrogen-bond donors (Lipinski definition) is 3. The van der Waals surface area contributed by atoms with Crippen molar-refractivity contribution in [3.8, 4) is 0 Å². The molecule has 3 heterocycles. The fraction of sp³-hybridized carbons (Fsp3) is 0.500. The van der Waals surface area contributed by atoms with Gasteiger partial charge in [-0.2, -0.15) is 0 Å². The van der Waals surface area contributed by atoms with Gasteiger partial charge in [0, 0.05) is 37.7 Å². The molecule has 1 aliphatic heterocycles. The van der Waals surface area contributed by atoms with Gasteiger partial charge in [-0.25, -0.2) is 9.78 Å². The summed E-state index contributed by atoms with van der Waals surface area (Å²) in [5.41, 5.74) is -2.00. The van der Waals surface area contributed by atoms with Gasteiger partial charge in [0.05, 0.1) is 18.2 Å². The van der Waals surface area contributed by atoms with Crippen LogP contribution in [0.15, 0.2) is 34.2 Å². The van der Waals surface area contributed by atoms with E-state index in [-0.39, 0.29) is 6.04 Å². The van der Waals surface area contributed by atoms with Crippen molar-refractivity contribution in [2.45, 2.75) is 31.5 Å². The molecule has 8 heteroatoms. The lowest BCUT2D eigenvalue weighted by molar-refractivity contribution is -0.0608. The zero-order valence-corrected chi connectivity index (χ0v) is 12.3. The second-order valence-corrected chi connectivity index (χ2v) is 5.93. The van der Waals surface area contributed by atoms with Gasteiger partial charge in [-0.3, -0.25) is 19.2 Å².